The smallest absolute Gasteiger partial charge is 0.434 e. The molecule has 0 amide bonds. The lowest BCUT2D eigenvalue weighted by Gasteiger charge is -2.17. The Labute approximate surface area is 186 Å². The number of carbonyl (C=O) groups is 2. The molecule has 3 aromatic rings. The molecule has 0 atom stereocenters. The summed E-state index contributed by atoms with van der Waals surface area (Å²) < 4.78 is 21.5. The van der Waals surface area contributed by atoms with Crippen LogP contribution >= 0.6 is 11.6 Å². The van der Waals surface area contributed by atoms with Gasteiger partial charge in [0.05, 0.1) is 18.2 Å². The summed E-state index contributed by atoms with van der Waals surface area (Å²) in [5, 5.41) is 2.47. The number of benzene rings is 3. The number of hydrogen-bond acceptors (Lipinski definition) is 6. The van der Waals surface area contributed by atoms with Crippen LogP contribution in [0.2, 0.25) is 5.02 Å². The molecule has 3 rings (SSSR count). The van der Waals surface area contributed by atoms with E-state index in [1.807, 2.05) is 13.8 Å². The number of rotatable bonds is 8. The van der Waals surface area contributed by atoms with Crippen LogP contribution in [0, 0.1) is 0 Å². The molecule has 0 aliphatic rings. The van der Waals surface area contributed by atoms with Crippen LogP contribution in [0.3, 0.4) is 0 Å². The summed E-state index contributed by atoms with van der Waals surface area (Å²) in [4.78, 5) is 24.6. The molecule has 164 valence electrons. The van der Waals surface area contributed by atoms with Gasteiger partial charge in [0.15, 0.2) is 11.5 Å². The average Bonchev–Trinajstić information content (AvgIpc) is 2.76. The fourth-order valence-electron chi connectivity index (χ4n) is 3.14. The summed E-state index contributed by atoms with van der Waals surface area (Å²) in [6, 6.07) is 12.3. The highest BCUT2D eigenvalue weighted by Gasteiger charge is 2.22. The molecule has 0 saturated heterocycles. The Morgan fingerprint density at radius 3 is 1.84 bits per heavy atom. The molecular formula is C24H25ClO6. The minimum Gasteiger partial charge on any atom is -0.434 e. The van der Waals surface area contributed by atoms with Gasteiger partial charge in [0.1, 0.15) is 0 Å². The second-order valence-electron chi connectivity index (χ2n) is 6.97. The van der Waals surface area contributed by atoms with Gasteiger partial charge in [-0.3, -0.25) is 0 Å². The van der Waals surface area contributed by atoms with E-state index in [-0.39, 0.29) is 19.0 Å². The van der Waals surface area contributed by atoms with Crippen LogP contribution in [0.1, 0.15) is 39.5 Å². The second-order valence-corrected chi connectivity index (χ2v) is 7.38. The van der Waals surface area contributed by atoms with Gasteiger partial charge >= 0.3 is 12.3 Å². The molecule has 0 fully saturated rings. The van der Waals surface area contributed by atoms with E-state index in [1.165, 1.54) is 0 Å². The van der Waals surface area contributed by atoms with E-state index in [1.54, 1.807) is 42.5 Å². The fraction of sp³-hybridized carbons (Fsp3) is 0.333. The Kier molecular flexibility index (Phi) is 7.95. The zero-order chi connectivity index (χ0) is 22.2. The largest absolute Gasteiger partial charge is 0.513 e. The van der Waals surface area contributed by atoms with E-state index in [2.05, 4.69) is 0 Å². The molecule has 0 aliphatic heterocycles. The van der Waals surface area contributed by atoms with Crippen molar-refractivity contribution in [2.75, 3.05) is 13.2 Å². The van der Waals surface area contributed by atoms with Gasteiger partial charge in [-0.15, -0.1) is 0 Å². The third-order valence-corrected chi connectivity index (χ3v) is 5.02. The van der Waals surface area contributed by atoms with Crippen LogP contribution < -0.4 is 9.47 Å². The first-order chi connectivity index (χ1) is 15.1. The SMILES string of the molecule is CCCCOC(=O)Oc1c2ccccc2c(OC(=O)OCCCC)c2c(Cl)cccc12. The molecule has 0 spiro atoms. The first-order valence-corrected chi connectivity index (χ1v) is 10.8. The normalized spacial score (nSPS) is 10.8. The van der Waals surface area contributed by atoms with Crippen LogP contribution in [0.25, 0.3) is 21.5 Å². The number of unbranched alkanes of at least 4 members (excludes halogenated alkanes) is 2. The van der Waals surface area contributed by atoms with Crippen LogP contribution in [0.5, 0.6) is 11.5 Å². The van der Waals surface area contributed by atoms with E-state index in [4.69, 9.17) is 30.5 Å². The molecule has 0 radical (unpaired) electrons. The van der Waals surface area contributed by atoms with Gasteiger partial charge in [0.25, 0.3) is 0 Å². The molecule has 7 heteroatoms. The van der Waals surface area contributed by atoms with Gasteiger partial charge in [-0.05, 0) is 18.9 Å². The summed E-state index contributed by atoms with van der Waals surface area (Å²) in [5.41, 5.74) is 0. The highest BCUT2D eigenvalue weighted by atomic mass is 35.5. The maximum atomic E-state index is 12.3. The van der Waals surface area contributed by atoms with Crippen LogP contribution in [0.15, 0.2) is 42.5 Å². The van der Waals surface area contributed by atoms with Crippen molar-refractivity contribution < 1.29 is 28.5 Å². The number of hydrogen-bond donors (Lipinski definition) is 0. The zero-order valence-corrected chi connectivity index (χ0v) is 18.4. The van der Waals surface area contributed by atoms with Crippen molar-refractivity contribution in [1.29, 1.82) is 0 Å². The monoisotopic (exact) mass is 444 g/mol. The van der Waals surface area contributed by atoms with Crippen molar-refractivity contribution in [3.63, 3.8) is 0 Å². The predicted octanol–water partition coefficient (Wildman–Crippen LogP) is 7.28. The van der Waals surface area contributed by atoms with E-state index < -0.39 is 12.3 Å². The molecule has 0 saturated carbocycles. The third kappa shape index (κ3) is 5.39. The Morgan fingerprint density at radius 1 is 0.742 bits per heavy atom. The van der Waals surface area contributed by atoms with E-state index >= 15 is 0 Å². The van der Waals surface area contributed by atoms with Crippen molar-refractivity contribution in [2.24, 2.45) is 0 Å². The molecule has 0 heterocycles. The van der Waals surface area contributed by atoms with Gasteiger partial charge in [-0.2, -0.15) is 0 Å². The number of ether oxygens (including phenoxy) is 4. The van der Waals surface area contributed by atoms with Crippen LogP contribution in [-0.2, 0) is 9.47 Å². The average molecular weight is 445 g/mol. The lowest BCUT2D eigenvalue weighted by atomic mass is 10.0. The maximum Gasteiger partial charge on any atom is 0.513 e. The van der Waals surface area contributed by atoms with Gasteiger partial charge in [-0.25, -0.2) is 9.59 Å². The summed E-state index contributed by atoms with van der Waals surface area (Å²) in [5.74, 6) is 0.547. The van der Waals surface area contributed by atoms with Crippen molar-refractivity contribution in [3.05, 3.63) is 47.5 Å². The highest BCUT2D eigenvalue weighted by molar-refractivity contribution is 6.37. The fourth-order valence-corrected chi connectivity index (χ4v) is 3.40. The topological polar surface area (TPSA) is 71.1 Å². The molecule has 6 nitrogen and oxygen atoms in total. The molecule has 0 unspecified atom stereocenters. The predicted molar refractivity (Wildman–Crippen MR) is 120 cm³/mol. The second kappa shape index (κ2) is 10.9. The standard InChI is InChI=1S/C24H25ClO6/c1-3-5-14-28-23(26)30-21-16-10-7-8-11-17(16)22(31-24(27)29-15-6-4-2)20-18(21)12-9-13-19(20)25/h7-13H,3-6,14-15H2,1-2H3. The first kappa shape index (κ1) is 22.7. The van der Waals surface area contributed by atoms with Crippen LogP contribution in [0.4, 0.5) is 9.59 Å². The van der Waals surface area contributed by atoms with E-state index in [0.717, 1.165) is 25.7 Å². The molecule has 0 aromatic heterocycles. The number of fused-ring (bicyclic) bond motifs is 2. The Morgan fingerprint density at radius 2 is 1.26 bits per heavy atom. The molecule has 0 N–H and O–H groups in total. The molecule has 3 aromatic carbocycles. The van der Waals surface area contributed by atoms with Crippen LogP contribution in [-0.4, -0.2) is 25.5 Å². The van der Waals surface area contributed by atoms with E-state index in [9.17, 15) is 9.59 Å². The molecule has 31 heavy (non-hydrogen) atoms. The molecular weight excluding hydrogens is 420 g/mol. The van der Waals surface area contributed by atoms with Crippen molar-refractivity contribution in [2.45, 2.75) is 39.5 Å². The molecule has 0 bridgehead atoms. The van der Waals surface area contributed by atoms with Gasteiger partial charge in [0.2, 0.25) is 0 Å². The number of halogens is 1. The lowest BCUT2D eigenvalue weighted by molar-refractivity contribution is 0.0970. The minimum atomic E-state index is -0.813. The lowest BCUT2D eigenvalue weighted by Crippen LogP contribution is -2.13. The minimum absolute atomic E-state index is 0.254. The van der Waals surface area contributed by atoms with Gasteiger partial charge in [-0.1, -0.05) is 74.7 Å². The third-order valence-electron chi connectivity index (χ3n) is 4.71. The summed E-state index contributed by atoms with van der Waals surface area (Å²) in [7, 11) is 0. The van der Waals surface area contributed by atoms with Crippen molar-refractivity contribution >= 4 is 45.5 Å². The summed E-state index contributed by atoms with van der Waals surface area (Å²) >= 11 is 6.48. The Bertz CT molecular complexity index is 1080. The zero-order valence-electron chi connectivity index (χ0n) is 17.6. The van der Waals surface area contributed by atoms with Gasteiger partial charge < -0.3 is 18.9 Å². The van der Waals surface area contributed by atoms with Crippen molar-refractivity contribution in [3.8, 4) is 11.5 Å². The number of carbonyl (C=O) groups excluding carboxylic acids is 2. The maximum absolute atomic E-state index is 12.3. The Hall–Kier alpha value is -2.99. The summed E-state index contributed by atoms with van der Waals surface area (Å²) in [6.45, 7) is 4.55. The summed E-state index contributed by atoms with van der Waals surface area (Å²) in [6.07, 6.45) is 1.67. The highest BCUT2D eigenvalue weighted by Crippen LogP contribution is 2.45. The van der Waals surface area contributed by atoms with Gasteiger partial charge in [0, 0.05) is 21.5 Å². The van der Waals surface area contributed by atoms with E-state index in [0.29, 0.717) is 32.3 Å². The quantitative estimate of drug-likeness (QED) is 0.157. The van der Waals surface area contributed by atoms with Crippen molar-refractivity contribution in [1.82, 2.24) is 0 Å². The molecule has 0 aliphatic carbocycles. The first-order valence-electron chi connectivity index (χ1n) is 10.4. The Balaban J connectivity index is 2.08.